The summed E-state index contributed by atoms with van der Waals surface area (Å²) in [4.78, 5) is 33.0. The molecule has 9 heteroatoms. The predicted molar refractivity (Wildman–Crippen MR) is 164 cm³/mol. The molecule has 1 aliphatic rings. The molecule has 0 radical (unpaired) electrons. The fourth-order valence-electron chi connectivity index (χ4n) is 5.05. The van der Waals surface area contributed by atoms with E-state index in [1.807, 2.05) is 72.9 Å². The second kappa shape index (κ2) is 12.7. The number of piperazine rings is 1. The number of pyridine rings is 2. The lowest BCUT2D eigenvalue weighted by molar-refractivity contribution is 0.0938. The number of carbonyl (C=O) groups is 1. The minimum Gasteiger partial charge on any atom is -0.383 e. The quantitative estimate of drug-likeness (QED) is 0.255. The topological polar surface area (TPSA) is 83.5 Å². The Morgan fingerprint density at radius 3 is 2.54 bits per heavy atom. The molecule has 0 unspecified atom stereocenters. The van der Waals surface area contributed by atoms with Crippen molar-refractivity contribution in [1.82, 2.24) is 24.8 Å². The Bertz CT molecular complexity index is 1630. The van der Waals surface area contributed by atoms with E-state index in [0.29, 0.717) is 11.4 Å². The number of anilines is 1. The number of para-hydroxylation sites is 1. The number of nitrogens with one attached hydrogen (secondary N) is 1. The van der Waals surface area contributed by atoms with E-state index in [0.717, 1.165) is 83.5 Å². The highest BCUT2D eigenvalue weighted by atomic mass is 32.1. The van der Waals surface area contributed by atoms with E-state index in [2.05, 4.69) is 26.2 Å². The third-order valence-electron chi connectivity index (χ3n) is 7.29. The van der Waals surface area contributed by atoms with Crippen LogP contribution in [0.2, 0.25) is 0 Å². The molecule has 2 aromatic carbocycles. The summed E-state index contributed by atoms with van der Waals surface area (Å²) in [5.74, 6) is -0.265. The van der Waals surface area contributed by atoms with Crippen LogP contribution >= 0.6 is 11.3 Å². The summed E-state index contributed by atoms with van der Waals surface area (Å²) < 4.78 is 5.21. The number of fused-ring (bicyclic) bond motifs is 1. The van der Waals surface area contributed by atoms with Crippen LogP contribution in [0.25, 0.3) is 32.0 Å². The van der Waals surface area contributed by atoms with Crippen LogP contribution in [0.4, 0.5) is 5.69 Å². The van der Waals surface area contributed by atoms with E-state index in [9.17, 15) is 4.79 Å². The predicted octanol–water partition coefficient (Wildman–Crippen LogP) is 5.44. The van der Waals surface area contributed by atoms with Gasteiger partial charge in [-0.3, -0.25) is 19.6 Å². The molecule has 3 aromatic heterocycles. The molecule has 8 nitrogen and oxygen atoms in total. The first-order chi connectivity index (χ1) is 20.2. The largest absolute Gasteiger partial charge is 0.383 e. The van der Waals surface area contributed by atoms with E-state index >= 15 is 0 Å². The van der Waals surface area contributed by atoms with Gasteiger partial charge in [-0.2, -0.15) is 0 Å². The molecule has 4 heterocycles. The van der Waals surface area contributed by atoms with Crippen LogP contribution < -0.4 is 5.32 Å². The van der Waals surface area contributed by atoms with Gasteiger partial charge < -0.3 is 10.1 Å². The first kappa shape index (κ1) is 27.2. The lowest BCUT2D eigenvalue weighted by atomic mass is 10.1. The van der Waals surface area contributed by atoms with Crippen LogP contribution in [-0.2, 0) is 11.3 Å². The molecule has 5 aromatic rings. The molecule has 6 rings (SSSR count). The van der Waals surface area contributed by atoms with Gasteiger partial charge in [0.2, 0.25) is 0 Å². The highest BCUT2D eigenvalue weighted by Crippen LogP contribution is 2.34. The number of ether oxygens (including phenoxy) is 1. The minimum absolute atomic E-state index is 0.265. The normalized spacial score (nSPS) is 14.4. The van der Waals surface area contributed by atoms with Gasteiger partial charge in [0.1, 0.15) is 21.0 Å². The van der Waals surface area contributed by atoms with E-state index in [-0.39, 0.29) is 5.91 Å². The lowest BCUT2D eigenvalue weighted by Gasteiger charge is -2.34. The first-order valence-electron chi connectivity index (χ1n) is 13.8. The molecule has 1 aliphatic heterocycles. The molecule has 0 spiro atoms. The number of rotatable bonds is 9. The number of hydrogen-bond acceptors (Lipinski definition) is 8. The van der Waals surface area contributed by atoms with Gasteiger partial charge in [0.15, 0.2) is 0 Å². The van der Waals surface area contributed by atoms with Crippen molar-refractivity contribution in [3.05, 3.63) is 96.4 Å². The number of carbonyl (C=O) groups excluding carboxylic acids is 1. The van der Waals surface area contributed by atoms with Crippen LogP contribution in [0.15, 0.2) is 85.2 Å². The standard InChI is InChI=1S/C32H32N6O2S/c1-40-18-17-37-13-15-38(16-14-37)22-23-19-29-32(34-21-23)41-31(36-29)26-9-5-6-10-27(26)35-30(39)28-20-25(11-12-33-28)24-7-3-2-4-8-24/h2-12,19-21H,13-18,22H2,1H3,(H,35,39). The maximum Gasteiger partial charge on any atom is 0.274 e. The number of thiazole rings is 1. The van der Waals surface area contributed by atoms with Crippen molar-refractivity contribution >= 4 is 33.3 Å². The molecule has 1 fully saturated rings. The highest BCUT2D eigenvalue weighted by Gasteiger charge is 2.18. The average Bonchev–Trinajstić information content (AvgIpc) is 3.45. The van der Waals surface area contributed by atoms with Gasteiger partial charge in [0.25, 0.3) is 5.91 Å². The van der Waals surface area contributed by atoms with Crippen molar-refractivity contribution in [1.29, 1.82) is 0 Å². The van der Waals surface area contributed by atoms with Gasteiger partial charge in [0.05, 0.1) is 12.3 Å². The SMILES string of the molecule is COCCN1CCN(Cc2cnc3sc(-c4ccccc4NC(=O)c4cc(-c5ccccc5)ccn4)nc3c2)CC1. The number of aromatic nitrogens is 3. The Morgan fingerprint density at radius 1 is 0.927 bits per heavy atom. The molecular weight excluding hydrogens is 532 g/mol. The van der Waals surface area contributed by atoms with Gasteiger partial charge in [-0.15, -0.1) is 0 Å². The second-order valence-electron chi connectivity index (χ2n) is 10.1. The molecule has 208 valence electrons. The first-order valence-corrected chi connectivity index (χ1v) is 14.6. The van der Waals surface area contributed by atoms with Gasteiger partial charge in [0, 0.05) is 64.3 Å². The number of methoxy groups -OCH3 is 1. The fraction of sp³-hybridized carbons (Fsp3) is 0.250. The Morgan fingerprint density at radius 2 is 1.71 bits per heavy atom. The summed E-state index contributed by atoms with van der Waals surface area (Å²) in [5, 5.41) is 3.87. The maximum atomic E-state index is 13.2. The Labute approximate surface area is 243 Å². The zero-order valence-corrected chi connectivity index (χ0v) is 23.8. The lowest BCUT2D eigenvalue weighted by Crippen LogP contribution is -2.46. The monoisotopic (exact) mass is 564 g/mol. The maximum absolute atomic E-state index is 13.2. The second-order valence-corrected chi connectivity index (χ2v) is 11.1. The number of amides is 1. The number of benzene rings is 2. The summed E-state index contributed by atoms with van der Waals surface area (Å²) in [6, 6.07) is 23.6. The van der Waals surface area contributed by atoms with Crippen molar-refractivity contribution in [2.75, 3.05) is 51.8 Å². The molecule has 41 heavy (non-hydrogen) atoms. The Hall–Kier alpha value is -4.02. The van der Waals surface area contributed by atoms with Crippen LogP contribution in [-0.4, -0.2) is 77.1 Å². The van der Waals surface area contributed by atoms with Gasteiger partial charge in [-0.05, 0) is 47.0 Å². The van der Waals surface area contributed by atoms with Crippen LogP contribution in [0.1, 0.15) is 16.1 Å². The number of nitrogens with zero attached hydrogens (tertiary/aromatic N) is 5. The number of hydrogen-bond donors (Lipinski definition) is 1. The van der Waals surface area contributed by atoms with Crippen molar-refractivity contribution in [2.45, 2.75) is 6.54 Å². The molecule has 0 bridgehead atoms. The van der Waals surface area contributed by atoms with Crippen molar-refractivity contribution in [3.63, 3.8) is 0 Å². The summed E-state index contributed by atoms with van der Waals surface area (Å²) in [7, 11) is 1.75. The molecular formula is C32H32N6O2S. The Kier molecular flexibility index (Phi) is 8.39. The minimum atomic E-state index is -0.265. The van der Waals surface area contributed by atoms with Gasteiger partial charge in [-0.25, -0.2) is 9.97 Å². The Balaban J connectivity index is 1.17. The fourth-order valence-corrected chi connectivity index (χ4v) is 5.98. The van der Waals surface area contributed by atoms with Crippen molar-refractivity contribution in [3.8, 4) is 21.7 Å². The van der Waals surface area contributed by atoms with Crippen LogP contribution in [0.5, 0.6) is 0 Å². The zero-order valence-electron chi connectivity index (χ0n) is 23.0. The van der Waals surface area contributed by atoms with E-state index in [1.165, 1.54) is 11.3 Å². The van der Waals surface area contributed by atoms with E-state index in [4.69, 9.17) is 14.7 Å². The molecule has 1 N–H and O–H groups in total. The average molecular weight is 565 g/mol. The van der Waals surface area contributed by atoms with Crippen LogP contribution in [0.3, 0.4) is 0 Å². The van der Waals surface area contributed by atoms with Gasteiger partial charge in [-0.1, -0.05) is 53.8 Å². The summed E-state index contributed by atoms with van der Waals surface area (Å²) in [6.07, 6.45) is 3.63. The highest BCUT2D eigenvalue weighted by molar-refractivity contribution is 7.21. The third kappa shape index (κ3) is 6.49. The molecule has 1 amide bonds. The summed E-state index contributed by atoms with van der Waals surface area (Å²) in [5.41, 5.74) is 5.92. The molecule has 0 aliphatic carbocycles. The van der Waals surface area contributed by atoms with Crippen LogP contribution in [0, 0.1) is 0 Å². The van der Waals surface area contributed by atoms with E-state index in [1.54, 1.807) is 13.3 Å². The van der Waals surface area contributed by atoms with Crippen molar-refractivity contribution < 1.29 is 9.53 Å². The zero-order chi connectivity index (χ0) is 28.0. The van der Waals surface area contributed by atoms with Gasteiger partial charge >= 0.3 is 0 Å². The smallest absolute Gasteiger partial charge is 0.274 e. The summed E-state index contributed by atoms with van der Waals surface area (Å²) >= 11 is 1.53. The summed E-state index contributed by atoms with van der Waals surface area (Å²) in [6.45, 7) is 6.77. The molecule has 0 saturated carbocycles. The van der Waals surface area contributed by atoms with Crippen molar-refractivity contribution in [2.24, 2.45) is 0 Å². The third-order valence-corrected chi connectivity index (χ3v) is 8.30. The molecule has 0 atom stereocenters. The van der Waals surface area contributed by atoms with E-state index < -0.39 is 0 Å². The molecule has 1 saturated heterocycles.